The van der Waals surface area contributed by atoms with Gasteiger partial charge in [-0.3, -0.25) is 0 Å². The Bertz CT molecular complexity index is 2480. The molecule has 49 heavy (non-hydrogen) atoms. The average molecular weight is 632 g/mol. The second-order valence-electron chi connectivity index (χ2n) is 13.3. The number of hydrogen-bond donors (Lipinski definition) is 0. The number of rotatable bonds is 5. The molecule has 0 aliphatic rings. The van der Waals surface area contributed by atoms with Gasteiger partial charge < -0.3 is 4.57 Å². The van der Waals surface area contributed by atoms with E-state index in [0.717, 1.165) is 44.5 Å². The van der Waals surface area contributed by atoms with Crippen LogP contribution in [0.2, 0.25) is 0 Å². The number of aromatic nitrogens is 4. The lowest BCUT2D eigenvalue weighted by Gasteiger charge is -2.20. The molecular weight excluding hydrogens is 599 g/mol. The lowest BCUT2D eigenvalue weighted by molar-refractivity contribution is 0.591. The summed E-state index contributed by atoms with van der Waals surface area (Å²) in [6, 6.07) is 51.9. The van der Waals surface area contributed by atoms with Crippen molar-refractivity contribution in [1.29, 1.82) is 5.26 Å². The third-order valence-corrected chi connectivity index (χ3v) is 9.08. The molecule has 2 heterocycles. The molecule has 0 amide bonds. The van der Waals surface area contributed by atoms with Crippen molar-refractivity contribution in [2.24, 2.45) is 0 Å². The molecule has 0 N–H and O–H groups in total. The highest BCUT2D eigenvalue weighted by atomic mass is 15.1. The normalized spacial score (nSPS) is 11.6. The Hall–Kier alpha value is -6.38. The van der Waals surface area contributed by atoms with Gasteiger partial charge in [-0.1, -0.05) is 136 Å². The third kappa shape index (κ3) is 5.44. The van der Waals surface area contributed by atoms with E-state index in [1.54, 1.807) is 0 Å². The third-order valence-electron chi connectivity index (χ3n) is 9.08. The fourth-order valence-corrected chi connectivity index (χ4v) is 6.54. The van der Waals surface area contributed by atoms with Crippen LogP contribution < -0.4 is 0 Å². The van der Waals surface area contributed by atoms with E-state index < -0.39 is 0 Å². The second-order valence-corrected chi connectivity index (χ2v) is 13.3. The van der Waals surface area contributed by atoms with Crippen LogP contribution in [0.5, 0.6) is 0 Å². The molecule has 2 aromatic heterocycles. The molecule has 8 aromatic rings. The topological polar surface area (TPSA) is 67.4 Å². The van der Waals surface area contributed by atoms with Crippen LogP contribution in [-0.2, 0) is 5.41 Å². The summed E-state index contributed by atoms with van der Waals surface area (Å²) >= 11 is 0. The maximum atomic E-state index is 10.0. The van der Waals surface area contributed by atoms with Crippen molar-refractivity contribution in [3.63, 3.8) is 0 Å². The summed E-state index contributed by atoms with van der Waals surface area (Å²) in [5, 5.41) is 12.4. The first-order chi connectivity index (χ1) is 23.9. The van der Waals surface area contributed by atoms with E-state index in [9.17, 15) is 5.26 Å². The summed E-state index contributed by atoms with van der Waals surface area (Å²) in [5.74, 6) is 1.74. The van der Waals surface area contributed by atoms with Gasteiger partial charge in [0, 0.05) is 27.5 Å². The molecule has 8 rings (SSSR count). The molecule has 234 valence electrons. The molecule has 6 aromatic carbocycles. The van der Waals surface area contributed by atoms with E-state index in [2.05, 4.69) is 92.1 Å². The quantitative estimate of drug-likeness (QED) is 0.190. The fourth-order valence-electron chi connectivity index (χ4n) is 6.54. The zero-order valence-corrected chi connectivity index (χ0v) is 27.6. The van der Waals surface area contributed by atoms with Crippen molar-refractivity contribution in [2.45, 2.75) is 26.2 Å². The van der Waals surface area contributed by atoms with Gasteiger partial charge in [-0.05, 0) is 52.4 Å². The molecule has 0 bridgehead atoms. The van der Waals surface area contributed by atoms with Crippen molar-refractivity contribution < 1.29 is 0 Å². The first-order valence-corrected chi connectivity index (χ1v) is 16.4. The summed E-state index contributed by atoms with van der Waals surface area (Å²) in [5.41, 5.74) is 9.39. The second kappa shape index (κ2) is 12.0. The van der Waals surface area contributed by atoms with Gasteiger partial charge in [0.1, 0.15) is 0 Å². The number of para-hydroxylation sites is 1. The van der Waals surface area contributed by atoms with E-state index in [0.29, 0.717) is 23.0 Å². The van der Waals surface area contributed by atoms with Crippen molar-refractivity contribution in [3.8, 4) is 57.0 Å². The first kappa shape index (κ1) is 30.0. The molecule has 0 spiro atoms. The monoisotopic (exact) mass is 631 g/mol. The number of hydrogen-bond acceptors (Lipinski definition) is 4. The fraction of sp³-hybridized carbons (Fsp3) is 0.0909. The van der Waals surface area contributed by atoms with E-state index in [1.165, 1.54) is 16.3 Å². The Kier molecular flexibility index (Phi) is 7.35. The lowest BCUT2D eigenvalue weighted by atomic mass is 9.86. The zero-order valence-electron chi connectivity index (χ0n) is 27.6. The highest BCUT2D eigenvalue weighted by Crippen LogP contribution is 2.40. The Morgan fingerprint density at radius 3 is 1.78 bits per heavy atom. The Balaban J connectivity index is 1.48. The molecule has 0 fully saturated rings. The van der Waals surface area contributed by atoms with Crippen LogP contribution in [0.1, 0.15) is 31.9 Å². The van der Waals surface area contributed by atoms with Gasteiger partial charge in [-0.25, -0.2) is 15.0 Å². The van der Waals surface area contributed by atoms with Crippen molar-refractivity contribution in [2.75, 3.05) is 0 Å². The van der Waals surface area contributed by atoms with Crippen LogP contribution in [-0.4, -0.2) is 19.5 Å². The van der Waals surface area contributed by atoms with E-state index in [4.69, 9.17) is 15.0 Å². The predicted molar refractivity (Wildman–Crippen MR) is 199 cm³/mol. The van der Waals surface area contributed by atoms with Crippen molar-refractivity contribution in [1.82, 2.24) is 19.5 Å². The number of nitriles is 1. The maximum Gasteiger partial charge on any atom is 0.166 e. The minimum atomic E-state index is -0.0352. The number of benzene rings is 6. The largest absolute Gasteiger partial charge is 0.308 e. The lowest BCUT2D eigenvalue weighted by Crippen LogP contribution is -2.11. The van der Waals surface area contributed by atoms with Gasteiger partial charge in [0.05, 0.1) is 28.4 Å². The van der Waals surface area contributed by atoms with E-state index in [-0.39, 0.29) is 5.41 Å². The molecule has 0 atom stereocenters. The minimum absolute atomic E-state index is 0.0352. The van der Waals surface area contributed by atoms with Gasteiger partial charge in [0.15, 0.2) is 17.5 Å². The molecular formula is C44H33N5. The zero-order chi connectivity index (χ0) is 33.5. The molecule has 5 nitrogen and oxygen atoms in total. The molecule has 0 saturated heterocycles. The van der Waals surface area contributed by atoms with Gasteiger partial charge in [0.2, 0.25) is 0 Å². The van der Waals surface area contributed by atoms with Crippen LogP contribution in [0.4, 0.5) is 0 Å². The van der Waals surface area contributed by atoms with Gasteiger partial charge >= 0.3 is 0 Å². The van der Waals surface area contributed by atoms with Crippen molar-refractivity contribution >= 4 is 21.8 Å². The Labute approximate surface area is 285 Å². The van der Waals surface area contributed by atoms with Gasteiger partial charge in [-0.15, -0.1) is 0 Å². The maximum absolute atomic E-state index is 10.0. The summed E-state index contributed by atoms with van der Waals surface area (Å²) in [6.45, 7) is 6.74. The van der Waals surface area contributed by atoms with Crippen molar-refractivity contribution in [3.05, 3.63) is 157 Å². The molecule has 0 aliphatic heterocycles. The number of nitrogens with zero attached hydrogens (tertiary/aromatic N) is 5. The molecule has 0 aliphatic carbocycles. The van der Waals surface area contributed by atoms with Crippen LogP contribution in [0.15, 0.2) is 146 Å². The van der Waals surface area contributed by atoms with Crippen LogP contribution in [0.3, 0.4) is 0 Å². The first-order valence-electron chi connectivity index (χ1n) is 16.4. The smallest absolute Gasteiger partial charge is 0.166 e. The number of fused-ring (bicyclic) bond motifs is 3. The van der Waals surface area contributed by atoms with Crippen LogP contribution >= 0.6 is 0 Å². The molecule has 0 saturated carbocycles. The minimum Gasteiger partial charge on any atom is -0.308 e. The van der Waals surface area contributed by atoms with Gasteiger partial charge in [-0.2, -0.15) is 5.26 Å². The molecule has 5 heteroatoms. The standard InChI is InChI=1S/C44H33N5/c1-44(2,3)33-23-24-36-35-20-12-13-21-38(35)49(40(36)27-33)39-25-22-31(34-19-11-10-18-32(34)28-45)26-37(39)43-47-41(29-14-6-4-7-15-29)46-42(48-43)30-16-8-5-9-17-30/h4-27H,1-3H3. The van der Waals surface area contributed by atoms with Gasteiger partial charge in [0.25, 0.3) is 0 Å². The molecule has 0 unspecified atom stereocenters. The summed E-state index contributed by atoms with van der Waals surface area (Å²) in [4.78, 5) is 15.3. The van der Waals surface area contributed by atoms with Crippen LogP contribution in [0, 0.1) is 11.3 Å². The average Bonchev–Trinajstić information content (AvgIpc) is 3.48. The highest BCUT2D eigenvalue weighted by molar-refractivity contribution is 6.10. The summed E-state index contributed by atoms with van der Waals surface area (Å²) in [6.07, 6.45) is 0. The molecule has 0 radical (unpaired) electrons. The summed E-state index contributed by atoms with van der Waals surface area (Å²) < 4.78 is 2.34. The predicted octanol–water partition coefficient (Wildman–Crippen LogP) is 10.8. The Morgan fingerprint density at radius 1 is 0.510 bits per heavy atom. The van der Waals surface area contributed by atoms with Crippen LogP contribution in [0.25, 0.3) is 72.8 Å². The highest BCUT2D eigenvalue weighted by Gasteiger charge is 2.22. The Morgan fingerprint density at radius 2 is 1.10 bits per heavy atom. The summed E-state index contributed by atoms with van der Waals surface area (Å²) in [7, 11) is 0. The van der Waals surface area contributed by atoms with E-state index in [1.807, 2.05) is 84.9 Å². The SMILES string of the molecule is CC(C)(C)c1ccc2c3ccccc3n(-c3ccc(-c4ccccc4C#N)cc3-c3nc(-c4ccccc4)nc(-c4ccccc4)n3)c2c1. The van der Waals surface area contributed by atoms with E-state index >= 15 is 0 Å².